The molecular weight excluding hydrogens is 400 g/mol. The number of carboxylic acids is 1. The number of nitrogens with one attached hydrogen (secondary N) is 1. The van der Waals surface area contributed by atoms with Gasteiger partial charge in [-0.05, 0) is 54.9 Å². The Morgan fingerprint density at radius 2 is 1.91 bits per heavy atom. The predicted octanol–water partition coefficient (Wildman–Crippen LogP) is 5.71. The van der Waals surface area contributed by atoms with E-state index in [2.05, 4.69) is 18.8 Å². The van der Waals surface area contributed by atoms with Crippen LogP contribution in [-0.4, -0.2) is 28.8 Å². The van der Waals surface area contributed by atoms with E-state index in [-0.39, 0.29) is 0 Å². The molecule has 0 bridgehead atoms. The molecule has 0 atom stereocenters. The summed E-state index contributed by atoms with van der Waals surface area (Å²) in [5.74, 6) is 0.595. The average Bonchev–Trinajstić information content (AvgIpc) is 3.11. The third kappa shape index (κ3) is 4.58. The number of rotatable bonds is 8. The first-order chi connectivity index (χ1) is 15.5. The van der Waals surface area contributed by atoms with Crippen molar-refractivity contribution in [3.05, 3.63) is 71.4 Å². The van der Waals surface area contributed by atoms with Crippen LogP contribution >= 0.6 is 0 Å². The summed E-state index contributed by atoms with van der Waals surface area (Å²) >= 11 is 0. The fourth-order valence-electron chi connectivity index (χ4n) is 4.77. The largest absolute Gasteiger partial charge is 0.497 e. The van der Waals surface area contributed by atoms with Crippen molar-refractivity contribution in [3.8, 4) is 5.75 Å². The van der Waals surface area contributed by atoms with Gasteiger partial charge in [0.1, 0.15) is 11.4 Å². The third-order valence-electron chi connectivity index (χ3n) is 6.72. The van der Waals surface area contributed by atoms with Gasteiger partial charge in [-0.1, -0.05) is 43.8 Å². The summed E-state index contributed by atoms with van der Waals surface area (Å²) in [5.41, 5.74) is 4.15. The van der Waals surface area contributed by atoms with Crippen LogP contribution < -0.4 is 10.1 Å². The highest BCUT2D eigenvalue weighted by molar-refractivity contribution is 5.98. The standard InChI is InChI=1S/C27H32N2O3/c1-4-19-7-9-20(10-8-19)17-29-25-15-22(32-3)13-14-23(25)24(26(29)27(30)31)16-28-21-11-5-18(2)6-12-21/h4,7-10,13-15,18,21,28H,1,5-6,11-12,16-17H2,2-3H3,(H,30,31). The summed E-state index contributed by atoms with van der Waals surface area (Å²) in [6, 6.07) is 14.3. The number of carboxylic acid groups (broad SMARTS) is 1. The van der Waals surface area contributed by atoms with Crippen LogP contribution in [0.3, 0.4) is 0 Å². The molecule has 1 aliphatic rings. The highest BCUT2D eigenvalue weighted by Gasteiger charge is 2.24. The van der Waals surface area contributed by atoms with Gasteiger partial charge in [-0.25, -0.2) is 4.79 Å². The molecule has 3 aromatic rings. The summed E-state index contributed by atoms with van der Waals surface area (Å²) in [4.78, 5) is 12.5. The molecule has 1 saturated carbocycles. The van der Waals surface area contributed by atoms with Gasteiger partial charge in [0, 0.05) is 36.1 Å². The zero-order chi connectivity index (χ0) is 22.7. The van der Waals surface area contributed by atoms with E-state index in [0.29, 0.717) is 24.8 Å². The Bertz CT molecular complexity index is 1110. The number of aromatic carboxylic acids is 1. The number of methoxy groups -OCH3 is 1. The number of benzene rings is 2. The van der Waals surface area contributed by atoms with E-state index in [4.69, 9.17) is 4.74 Å². The molecule has 0 saturated heterocycles. The lowest BCUT2D eigenvalue weighted by atomic mass is 9.87. The quantitative estimate of drug-likeness (QED) is 0.479. The third-order valence-corrected chi connectivity index (χ3v) is 6.72. The summed E-state index contributed by atoms with van der Waals surface area (Å²) < 4.78 is 7.35. The number of ether oxygens (including phenoxy) is 1. The fraction of sp³-hybridized carbons (Fsp3) is 0.370. The fourth-order valence-corrected chi connectivity index (χ4v) is 4.77. The van der Waals surface area contributed by atoms with E-state index in [1.807, 2.05) is 47.0 Å². The summed E-state index contributed by atoms with van der Waals surface area (Å²) in [5, 5.41) is 14.8. The molecule has 0 amide bonds. The molecular formula is C27H32N2O3. The molecule has 1 aliphatic carbocycles. The van der Waals surface area contributed by atoms with Gasteiger partial charge < -0.3 is 19.7 Å². The SMILES string of the molecule is C=Cc1ccc(Cn2c(C(=O)O)c(CNC3CCC(C)CC3)c3ccc(OC)cc32)cc1. The van der Waals surface area contributed by atoms with E-state index in [0.717, 1.165) is 52.1 Å². The number of nitrogens with zero attached hydrogens (tertiary/aromatic N) is 1. The van der Waals surface area contributed by atoms with Gasteiger partial charge in [-0.3, -0.25) is 0 Å². The monoisotopic (exact) mass is 432 g/mol. The maximum atomic E-state index is 12.5. The Morgan fingerprint density at radius 3 is 2.53 bits per heavy atom. The van der Waals surface area contributed by atoms with Crippen LogP contribution in [0.5, 0.6) is 5.75 Å². The molecule has 5 nitrogen and oxygen atoms in total. The van der Waals surface area contributed by atoms with E-state index in [9.17, 15) is 9.90 Å². The lowest BCUT2D eigenvalue weighted by Gasteiger charge is -2.27. The second-order valence-corrected chi connectivity index (χ2v) is 8.88. The van der Waals surface area contributed by atoms with Crippen LogP contribution in [-0.2, 0) is 13.1 Å². The minimum atomic E-state index is -0.906. The van der Waals surface area contributed by atoms with Gasteiger partial charge >= 0.3 is 5.97 Å². The molecule has 0 aliphatic heterocycles. The molecule has 1 heterocycles. The Labute approximate surface area is 189 Å². The lowest BCUT2D eigenvalue weighted by molar-refractivity contribution is 0.0684. The number of carbonyl (C=O) groups is 1. The van der Waals surface area contributed by atoms with Gasteiger partial charge in [-0.15, -0.1) is 0 Å². The number of aromatic nitrogens is 1. The maximum Gasteiger partial charge on any atom is 0.352 e. The molecule has 4 rings (SSSR count). The Kier molecular flexibility index (Phi) is 6.66. The Balaban J connectivity index is 1.73. The first-order valence-electron chi connectivity index (χ1n) is 11.4. The van der Waals surface area contributed by atoms with Gasteiger partial charge in [0.2, 0.25) is 0 Å². The van der Waals surface area contributed by atoms with Crippen molar-refractivity contribution in [2.75, 3.05) is 7.11 Å². The van der Waals surface area contributed by atoms with Crippen molar-refractivity contribution < 1.29 is 14.6 Å². The first-order valence-corrected chi connectivity index (χ1v) is 11.4. The van der Waals surface area contributed by atoms with Gasteiger partial charge in [0.05, 0.1) is 12.6 Å². The smallest absolute Gasteiger partial charge is 0.352 e. The minimum absolute atomic E-state index is 0.345. The molecule has 0 radical (unpaired) electrons. The second kappa shape index (κ2) is 9.61. The van der Waals surface area contributed by atoms with E-state index < -0.39 is 5.97 Å². The molecule has 32 heavy (non-hydrogen) atoms. The molecule has 5 heteroatoms. The second-order valence-electron chi connectivity index (χ2n) is 8.88. The van der Waals surface area contributed by atoms with Crippen molar-refractivity contribution >= 4 is 22.9 Å². The lowest BCUT2D eigenvalue weighted by Crippen LogP contribution is -2.32. The molecule has 2 N–H and O–H groups in total. The average molecular weight is 433 g/mol. The van der Waals surface area contributed by atoms with E-state index >= 15 is 0 Å². The van der Waals surface area contributed by atoms with Gasteiger partial charge in [-0.2, -0.15) is 0 Å². The van der Waals surface area contributed by atoms with E-state index in [1.54, 1.807) is 13.2 Å². The molecule has 2 aromatic carbocycles. The molecule has 168 valence electrons. The van der Waals surface area contributed by atoms with E-state index in [1.165, 1.54) is 12.8 Å². The highest BCUT2D eigenvalue weighted by atomic mass is 16.5. The first kappa shape index (κ1) is 22.2. The summed E-state index contributed by atoms with van der Waals surface area (Å²) in [6.45, 7) is 7.13. The van der Waals surface area contributed by atoms with Crippen LogP contribution in [0, 0.1) is 5.92 Å². The number of fused-ring (bicyclic) bond motifs is 1. The zero-order valence-electron chi connectivity index (χ0n) is 18.9. The van der Waals surface area contributed by atoms with Crippen molar-refractivity contribution in [2.45, 2.75) is 51.7 Å². The molecule has 1 aromatic heterocycles. The molecule has 1 fully saturated rings. The van der Waals surface area contributed by atoms with Crippen LogP contribution in [0.4, 0.5) is 0 Å². The minimum Gasteiger partial charge on any atom is -0.497 e. The van der Waals surface area contributed by atoms with Gasteiger partial charge in [0.15, 0.2) is 0 Å². The van der Waals surface area contributed by atoms with Crippen LogP contribution in [0.15, 0.2) is 49.0 Å². The Hall–Kier alpha value is -3.05. The summed E-state index contributed by atoms with van der Waals surface area (Å²) in [7, 11) is 1.63. The van der Waals surface area contributed by atoms with Crippen molar-refractivity contribution in [2.24, 2.45) is 5.92 Å². The van der Waals surface area contributed by atoms with Crippen molar-refractivity contribution in [1.29, 1.82) is 0 Å². The number of hydrogen-bond acceptors (Lipinski definition) is 3. The Morgan fingerprint density at radius 1 is 1.19 bits per heavy atom. The van der Waals surface area contributed by atoms with Gasteiger partial charge in [0.25, 0.3) is 0 Å². The normalized spacial score (nSPS) is 18.6. The van der Waals surface area contributed by atoms with Crippen LogP contribution in [0.1, 0.15) is 59.8 Å². The van der Waals surface area contributed by atoms with Crippen molar-refractivity contribution in [3.63, 3.8) is 0 Å². The molecule has 0 spiro atoms. The predicted molar refractivity (Wildman–Crippen MR) is 129 cm³/mol. The highest BCUT2D eigenvalue weighted by Crippen LogP contribution is 2.31. The zero-order valence-corrected chi connectivity index (χ0v) is 18.9. The van der Waals surface area contributed by atoms with Crippen molar-refractivity contribution in [1.82, 2.24) is 9.88 Å². The number of hydrogen-bond donors (Lipinski definition) is 2. The topological polar surface area (TPSA) is 63.5 Å². The molecule has 0 unspecified atom stereocenters. The van der Waals surface area contributed by atoms with Crippen LogP contribution in [0.25, 0.3) is 17.0 Å². The maximum absolute atomic E-state index is 12.5. The summed E-state index contributed by atoms with van der Waals surface area (Å²) in [6.07, 6.45) is 6.54. The van der Waals surface area contributed by atoms with Crippen LogP contribution in [0.2, 0.25) is 0 Å².